The van der Waals surface area contributed by atoms with E-state index in [-0.39, 0.29) is 0 Å². The van der Waals surface area contributed by atoms with Crippen molar-refractivity contribution in [3.8, 4) is 0 Å². The molecule has 11 heavy (non-hydrogen) atoms. The molecule has 1 saturated heterocycles. The second-order valence-electron chi connectivity index (χ2n) is 5.12. The summed E-state index contributed by atoms with van der Waals surface area (Å²) in [6.07, 6.45) is 0. The summed E-state index contributed by atoms with van der Waals surface area (Å²) >= 11 is 0. The summed E-state index contributed by atoms with van der Waals surface area (Å²) in [5.41, 5.74) is 2.04. The van der Waals surface area contributed by atoms with Gasteiger partial charge >= 0.3 is 71.4 Å². The fraction of sp³-hybridized carbons (Fsp3) is 1.00. The Morgan fingerprint density at radius 3 is 1.09 bits per heavy atom. The van der Waals surface area contributed by atoms with Crippen LogP contribution in [-0.2, 0) is 0 Å². The predicted octanol–water partition coefficient (Wildman–Crippen LogP) is 3.06. The van der Waals surface area contributed by atoms with Crippen LogP contribution in [0.2, 0.25) is 0 Å². The van der Waals surface area contributed by atoms with E-state index in [2.05, 4.69) is 41.0 Å². The van der Waals surface area contributed by atoms with Gasteiger partial charge in [-0.05, 0) is 0 Å². The van der Waals surface area contributed by atoms with Crippen LogP contribution in [0.25, 0.3) is 0 Å². The van der Waals surface area contributed by atoms with Crippen LogP contribution in [0.4, 0.5) is 0 Å². The molecule has 0 aromatic rings. The average Bonchev–Trinajstić information content (AvgIpc) is 2.06. The van der Waals surface area contributed by atoms with Crippen molar-refractivity contribution in [3.63, 3.8) is 0 Å². The molecule has 0 spiro atoms. The van der Waals surface area contributed by atoms with Crippen molar-refractivity contribution in [2.45, 2.75) is 39.0 Å². The first-order valence-corrected chi connectivity index (χ1v) is 8.04. The van der Waals surface area contributed by atoms with Crippen molar-refractivity contribution >= 4 is 7.26 Å². The Bertz CT molecular complexity index is 135. The molecule has 0 N–H and O–H groups in total. The first-order valence-electron chi connectivity index (χ1n) is 4.89. The van der Waals surface area contributed by atoms with Crippen molar-refractivity contribution < 1.29 is 0 Å². The molecule has 0 bridgehead atoms. The molecule has 0 radical (unpaired) electrons. The topological polar surface area (TPSA) is 0 Å². The van der Waals surface area contributed by atoms with Crippen molar-refractivity contribution in [2.24, 2.45) is 11.8 Å². The van der Waals surface area contributed by atoms with Gasteiger partial charge in [0.1, 0.15) is 0 Å². The Hall–Kier alpha value is 0.430. The molecule has 1 rings (SSSR count). The van der Waals surface area contributed by atoms with Crippen LogP contribution in [0, 0.1) is 11.8 Å². The van der Waals surface area contributed by atoms with Gasteiger partial charge in [0.2, 0.25) is 0 Å². The summed E-state index contributed by atoms with van der Waals surface area (Å²) in [5, 5.41) is 0. The summed E-state index contributed by atoms with van der Waals surface area (Å²) in [4.78, 5) is 0. The predicted molar refractivity (Wildman–Crippen MR) is 57.4 cm³/mol. The zero-order valence-electron chi connectivity index (χ0n) is 8.81. The molecule has 1 heteroatoms. The number of hydrogen-bond acceptors (Lipinski definition) is 0. The molecule has 4 atom stereocenters. The van der Waals surface area contributed by atoms with Gasteiger partial charge in [0, 0.05) is 0 Å². The first-order chi connectivity index (χ1) is 4.89. The molecule has 1 aliphatic heterocycles. The van der Waals surface area contributed by atoms with E-state index < -0.39 is 7.26 Å². The molecule has 0 aromatic heterocycles. The summed E-state index contributed by atoms with van der Waals surface area (Å²) in [5.74, 6) is 1.93. The van der Waals surface area contributed by atoms with Crippen molar-refractivity contribution in [3.05, 3.63) is 0 Å². The van der Waals surface area contributed by atoms with Crippen molar-refractivity contribution in [2.75, 3.05) is 13.3 Å². The van der Waals surface area contributed by atoms with Gasteiger partial charge in [-0.2, -0.15) is 0 Å². The fourth-order valence-electron chi connectivity index (χ4n) is 2.68. The van der Waals surface area contributed by atoms with Crippen LogP contribution in [0.3, 0.4) is 0 Å². The van der Waals surface area contributed by atoms with E-state index in [9.17, 15) is 0 Å². The van der Waals surface area contributed by atoms with E-state index in [1.807, 2.05) is 0 Å². The average molecular weight is 174 g/mol. The molecular weight excluding hydrogens is 151 g/mol. The number of hydrogen-bond donors (Lipinski definition) is 0. The van der Waals surface area contributed by atoms with Crippen LogP contribution >= 0.6 is 7.26 Å². The van der Waals surface area contributed by atoms with E-state index in [0.717, 1.165) is 23.2 Å². The monoisotopic (exact) mass is 174 g/mol. The molecule has 0 amide bonds. The summed E-state index contributed by atoms with van der Waals surface area (Å²) in [6.45, 7) is 14.9. The van der Waals surface area contributed by atoms with E-state index in [0.29, 0.717) is 0 Å². The Balaban J connectivity index is 2.87. The third kappa shape index (κ3) is 1.24. The Labute approximate surface area is 72.1 Å². The quantitative estimate of drug-likeness (QED) is 0.495. The summed E-state index contributed by atoms with van der Waals surface area (Å²) in [7, 11) is -0.873. The summed E-state index contributed by atoms with van der Waals surface area (Å²) < 4.78 is 0. The van der Waals surface area contributed by atoms with Crippen LogP contribution in [0.1, 0.15) is 27.7 Å². The van der Waals surface area contributed by atoms with Gasteiger partial charge in [-0.1, -0.05) is 0 Å². The molecule has 4 unspecified atom stereocenters. The molecule has 0 saturated carbocycles. The molecule has 68 valence electrons. The maximum absolute atomic E-state index is 2.56. The van der Waals surface area contributed by atoms with E-state index in [4.69, 9.17) is 0 Å². The van der Waals surface area contributed by atoms with Gasteiger partial charge in [0.05, 0.1) is 0 Å². The normalized spacial score (nSPS) is 52.5. The Morgan fingerprint density at radius 2 is 1.00 bits per heavy atom. The minimum atomic E-state index is -0.873. The molecular formula is C10H23P. The van der Waals surface area contributed by atoms with Crippen LogP contribution < -0.4 is 0 Å². The van der Waals surface area contributed by atoms with E-state index >= 15 is 0 Å². The Kier molecular flexibility index (Phi) is 2.36. The van der Waals surface area contributed by atoms with Gasteiger partial charge in [-0.15, -0.1) is 0 Å². The standard InChI is InChI=1S/C10H23P/c1-7-8(2)10(4)11(5,6)9(7)3/h7-11H,1-6H3. The molecule has 0 nitrogen and oxygen atoms in total. The zero-order chi connectivity index (χ0) is 8.81. The van der Waals surface area contributed by atoms with Crippen LogP contribution in [0.15, 0.2) is 0 Å². The third-order valence-electron chi connectivity index (χ3n) is 4.75. The van der Waals surface area contributed by atoms with Gasteiger partial charge in [-0.25, -0.2) is 0 Å². The summed E-state index contributed by atoms with van der Waals surface area (Å²) in [6, 6.07) is 0. The maximum atomic E-state index is 2.56. The van der Waals surface area contributed by atoms with Gasteiger partial charge in [0.15, 0.2) is 0 Å². The van der Waals surface area contributed by atoms with Crippen LogP contribution in [0.5, 0.6) is 0 Å². The SMILES string of the molecule is CC1C(C)C(C)[PH](C)(C)C1C. The molecule has 0 aromatic carbocycles. The van der Waals surface area contributed by atoms with Gasteiger partial charge in [-0.3, -0.25) is 0 Å². The van der Waals surface area contributed by atoms with E-state index in [1.165, 1.54) is 0 Å². The van der Waals surface area contributed by atoms with Crippen molar-refractivity contribution in [1.82, 2.24) is 0 Å². The van der Waals surface area contributed by atoms with E-state index in [1.54, 1.807) is 0 Å². The minimum absolute atomic E-state index is 0.873. The fourth-order valence-corrected chi connectivity index (χ4v) is 6.83. The first kappa shape index (κ1) is 9.52. The van der Waals surface area contributed by atoms with Gasteiger partial charge in [0.25, 0.3) is 0 Å². The molecule has 1 aliphatic rings. The van der Waals surface area contributed by atoms with Crippen LogP contribution in [-0.4, -0.2) is 24.6 Å². The molecule has 1 fully saturated rings. The second kappa shape index (κ2) is 2.73. The van der Waals surface area contributed by atoms with Crippen molar-refractivity contribution in [1.29, 1.82) is 0 Å². The Morgan fingerprint density at radius 1 is 0.727 bits per heavy atom. The third-order valence-corrected chi connectivity index (χ3v) is 10.5. The van der Waals surface area contributed by atoms with Gasteiger partial charge < -0.3 is 0 Å². The molecule has 1 heterocycles. The zero-order valence-corrected chi connectivity index (χ0v) is 9.81. The second-order valence-corrected chi connectivity index (χ2v) is 10.6. The number of rotatable bonds is 0. The molecule has 0 aliphatic carbocycles.